The Labute approximate surface area is 201 Å². The van der Waals surface area contributed by atoms with Gasteiger partial charge in [-0.3, -0.25) is 9.10 Å². The van der Waals surface area contributed by atoms with E-state index in [9.17, 15) is 13.2 Å². The molecule has 0 bridgehead atoms. The lowest BCUT2D eigenvalue weighted by molar-refractivity contribution is -0.114. The fraction of sp³-hybridized carbons (Fsp3) is 0.269. The maximum Gasteiger partial charge on any atom is 0.264 e. The molecule has 0 aliphatic rings. The van der Waals surface area contributed by atoms with Crippen molar-refractivity contribution < 1.29 is 22.7 Å². The van der Waals surface area contributed by atoms with Gasteiger partial charge < -0.3 is 14.8 Å². The highest BCUT2D eigenvalue weighted by atomic mass is 32.2. The molecule has 1 N–H and O–H groups in total. The summed E-state index contributed by atoms with van der Waals surface area (Å²) in [7, 11) is -1.13. The first kappa shape index (κ1) is 25.1. The lowest BCUT2D eigenvalue weighted by atomic mass is 9.87. The van der Waals surface area contributed by atoms with Gasteiger partial charge in [-0.05, 0) is 59.5 Å². The van der Waals surface area contributed by atoms with Gasteiger partial charge in [0.05, 0.1) is 24.8 Å². The van der Waals surface area contributed by atoms with Crippen molar-refractivity contribution in [3.8, 4) is 11.5 Å². The van der Waals surface area contributed by atoms with E-state index in [2.05, 4.69) is 26.1 Å². The number of benzene rings is 3. The van der Waals surface area contributed by atoms with E-state index in [1.807, 2.05) is 24.3 Å². The summed E-state index contributed by atoms with van der Waals surface area (Å²) in [5.41, 5.74) is 1.96. The fourth-order valence-electron chi connectivity index (χ4n) is 3.39. The molecule has 1 amide bonds. The molecule has 0 fully saturated rings. The van der Waals surface area contributed by atoms with E-state index in [4.69, 9.17) is 9.47 Å². The van der Waals surface area contributed by atoms with Crippen molar-refractivity contribution >= 4 is 27.3 Å². The number of nitrogens with zero attached hydrogens (tertiary/aromatic N) is 1. The molecule has 3 aromatic rings. The monoisotopic (exact) mass is 482 g/mol. The smallest absolute Gasteiger partial charge is 0.264 e. The van der Waals surface area contributed by atoms with Gasteiger partial charge in [0.2, 0.25) is 5.91 Å². The first-order valence-electron chi connectivity index (χ1n) is 10.8. The lowest BCUT2D eigenvalue weighted by Crippen LogP contribution is -2.38. The summed E-state index contributed by atoms with van der Waals surface area (Å²) in [5, 5.41) is 2.79. The molecule has 0 radical (unpaired) electrons. The molecule has 0 aliphatic carbocycles. The number of hydrogen-bond acceptors (Lipinski definition) is 5. The van der Waals surface area contributed by atoms with Crippen LogP contribution in [0.5, 0.6) is 11.5 Å². The topological polar surface area (TPSA) is 84.9 Å². The number of rotatable bonds is 8. The summed E-state index contributed by atoms with van der Waals surface area (Å²) in [6, 6.07) is 20.2. The minimum Gasteiger partial charge on any atom is -0.497 e. The van der Waals surface area contributed by atoms with Gasteiger partial charge in [-0.1, -0.05) is 45.0 Å². The zero-order valence-electron chi connectivity index (χ0n) is 20.0. The van der Waals surface area contributed by atoms with Crippen LogP contribution >= 0.6 is 0 Å². The summed E-state index contributed by atoms with van der Waals surface area (Å²) in [6.07, 6.45) is 0. The van der Waals surface area contributed by atoms with E-state index in [1.165, 1.54) is 26.4 Å². The minimum absolute atomic E-state index is 0.0182. The van der Waals surface area contributed by atoms with Crippen molar-refractivity contribution in [3.63, 3.8) is 0 Å². The second kappa shape index (κ2) is 10.2. The van der Waals surface area contributed by atoms with Gasteiger partial charge in [-0.25, -0.2) is 8.42 Å². The van der Waals surface area contributed by atoms with Crippen molar-refractivity contribution in [3.05, 3.63) is 78.4 Å². The van der Waals surface area contributed by atoms with Crippen molar-refractivity contribution in [1.82, 2.24) is 0 Å². The van der Waals surface area contributed by atoms with E-state index in [1.54, 1.807) is 36.4 Å². The average molecular weight is 483 g/mol. The predicted molar refractivity (Wildman–Crippen MR) is 134 cm³/mol. The molecule has 0 aliphatic heterocycles. The van der Waals surface area contributed by atoms with Gasteiger partial charge >= 0.3 is 0 Å². The van der Waals surface area contributed by atoms with Crippen molar-refractivity contribution in [2.45, 2.75) is 31.1 Å². The van der Waals surface area contributed by atoms with Crippen molar-refractivity contribution in [2.75, 3.05) is 30.4 Å². The van der Waals surface area contributed by atoms with E-state index in [0.29, 0.717) is 17.2 Å². The van der Waals surface area contributed by atoms with E-state index >= 15 is 0 Å². The SMILES string of the molecule is COc1ccc(S(=O)(=O)N(CC(=O)Nc2ccc(C(C)(C)C)cc2)c2ccccc2OC)cc1. The molecule has 0 spiro atoms. The van der Waals surface area contributed by atoms with Crippen LogP contribution in [-0.4, -0.2) is 35.1 Å². The highest BCUT2D eigenvalue weighted by Crippen LogP contribution is 2.32. The molecular weight excluding hydrogens is 452 g/mol. The first-order valence-corrected chi connectivity index (χ1v) is 12.2. The molecule has 0 heterocycles. The Hall–Kier alpha value is -3.52. The molecule has 0 saturated carbocycles. The second-order valence-electron chi connectivity index (χ2n) is 8.73. The van der Waals surface area contributed by atoms with Crippen LogP contribution in [0.1, 0.15) is 26.3 Å². The second-order valence-corrected chi connectivity index (χ2v) is 10.6. The van der Waals surface area contributed by atoms with E-state index < -0.39 is 22.5 Å². The quantitative estimate of drug-likeness (QED) is 0.497. The van der Waals surface area contributed by atoms with E-state index in [0.717, 1.165) is 9.87 Å². The normalized spacial score (nSPS) is 11.6. The minimum atomic E-state index is -4.09. The molecule has 0 aromatic heterocycles. The third kappa shape index (κ3) is 5.69. The summed E-state index contributed by atoms with van der Waals surface area (Å²) in [5.74, 6) is 0.382. The van der Waals surface area contributed by atoms with Crippen LogP contribution in [0.3, 0.4) is 0 Å². The van der Waals surface area contributed by atoms with Gasteiger partial charge in [0.25, 0.3) is 10.0 Å². The standard InChI is InChI=1S/C26H30N2O5S/c1-26(2,3)19-10-12-20(13-11-19)27-25(29)18-28(23-8-6-7-9-24(23)33-5)34(30,31)22-16-14-21(32-4)15-17-22/h6-17H,18H2,1-5H3,(H,27,29). The molecule has 3 rings (SSSR count). The van der Waals surface area contributed by atoms with Crippen LogP contribution in [0.2, 0.25) is 0 Å². The van der Waals surface area contributed by atoms with Crippen LogP contribution < -0.4 is 19.1 Å². The van der Waals surface area contributed by atoms with Gasteiger partial charge in [-0.2, -0.15) is 0 Å². The molecule has 7 nitrogen and oxygen atoms in total. The van der Waals surface area contributed by atoms with Crippen LogP contribution in [0.15, 0.2) is 77.7 Å². The number of hydrogen-bond donors (Lipinski definition) is 1. The van der Waals surface area contributed by atoms with Gasteiger partial charge in [-0.15, -0.1) is 0 Å². The molecule has 180 valence electrons. The largest absolute Gasteiger partial charge is 0.497 e. The number of amides is 1. The van der Waals surface area contributed by atoms with Crippen molar-refractivity contribution in [2.24, 2.45) is 0 Å². The Morgan fingerprint density at radius 1 is 0.882 bits per heavy atom. The number of methoxy groups -OCH3 is 2. The summed E-state index contributed by atoms with van der Waals surface area (Å²) in [6.45, 7) is 5.89. The zero-order valence-corrected chi connectivity index (χ0v) is 20.8. The summed E-state index contributed by atoms with van der Waals surface area (Å²) >= 11 is 0. The molecule has 3 aromatic carbocycles. The fourth-order valence-corrected chi connectivity index (χ4v) is 4.83. The average Bonchev–Trinajstić information content (AvgIpc) is 2.82. The maximum atomic E-state index is 13.6. The number of carbonyl (C=O) groups is 1. The number of anilines is 2. The van der Waals surface area contributed by atoms with Crippen LogP contribution in [0.25, 0.3) is 0 Å². The first-order chi connectivity index (χ1) is 16.1. The molecule has 8 heteroatoms. The molecule has 0 atom stereocenters. The zero-order chi connectivity index (χ0) is 24.9. The lowest BCUT2D eigenvalue weighted by Gasteiger charge is -2.25. The maximum absolute atomic E-state index is 13.6. The Balaban J connectivity index is 1.93. The highest BCUT2D eigenvalue weighted by Gasteiger charge is 2.29. The van der Waals surface area contributed by atoms with Gasteiger partial charge in [0, 0.05) is 5.69 Å². The van der Waals surface area contributed by atoms with Crippen LogP contribution in [0, 0.1) is 0 Å². The van der Waals surface area contributed by atoms with Crippen molar-refractivity contribution in [1.29, 1.82) is 0 Å². The third-order valence-electron chi connectivity index (χ3n) is 5.32. The van der Waals surface area contributed by atoms with Crippen LogP contribution in [-0.2, 0) is 20.2 Å². The molecule has 34 heavy (non-hydrogen) atoms. The molecule has 0 unspecified atom stereocenters. The van der Waals surface area contributed by atoms with Gasteiger partial charge in [0.15, 0.2) is 0 Å². The number of sulfonamides is 1. The number of carbonyl (C=O) groups excluding carboxylic acids is 1. The Kier molecular flexibility index (Phi) is 7.51. The third-order valence-corrected chi connectivity index (χ3v) is 7.10. The molecular formula is C26H30N2O5S. The van der Waals surface area contributed by atoms with Gasteiger partial charge in [0.1, 0.15) is 18.0 Å². The predicted octanol–water partition coefficient (Wildman–Crippen LogP) is 4.84. The Morgan fingerprint density at radius 2 is 1.50 bits per heavy atom. The summed E-state index contributed by atoms with van der Waals surface area (Å²) < 4.78 is 38.7. The Morgan fingerprint density at radius 3 is 2.06 bits per heavy atom. The Bertz CT molecular complexity index is 1230. The van der Waals surface area contributed by atoms with Crippen LogP contribution in [0.4, 0.5) is 11.4 Å². The number of para-hydroxylation sites is 2. The number of ether oxygens (including phenoxy) is 2. The number of nitrogens with one attached hydrogen (secondary N) is 1. The highest BCUT2D eigenvalue weighted by molar-refractivity contribution is 7.92. The van der Waals surface area contributed by atoms with E-state index in [-0.39, 0.29) is 16.0 Å². The molecule has 0 saturated heterocycles. The summed E-state index contributed by atoms with van der Waals surface area (Å²) in [4.78, 5) is 13.0.